The third-order valence-corrected chi connectivity index (χ3v) is 2.46. The van der Waals surface area contributed by atoms with Gasteiger partial charge in [0, 0.05) is 6.07 Å². The molecule has 1 N–H and O–H groups in total. The van der Waals surface area contributed by atoms with Crippen molar-refractivity contribution in [1.29, 1.82) is 0 Å². The second-order valence-electron chi connectivity index (χ2n) is 3.80. The number of fused-ring (bicyclic) bond motifs is 1. The van der Waals surface area contributed by atoms with Crippen LogP contribution in [0.4, 0.5) is 10.1 Å². The van der Waals surface area contributed by atoms with Crippen molar-refractivity contribution in [3.63, 3.8) is 0 Å². The number of benzene rings is 1. The number of carbonyl (C=O) groups excluding carboxylic acids is 1. The molecule has 4 nitrogen and oxygen atoms in total. The molecule has 5 heteroatoms. The molecule has 1 atom stereocenters. The van der Waals surface area contributed by atoms with Gasteiger partial charge in [-0.15, -0.1) is 0 Å². The molecule has 0 saturated heterocycles. The molecule has 0 aliphatic carbocycles. The summed E-state index contributed by atoms with van der Waals surface area (Å²) in [5.74, 6) is -0.126. The molecule has 1 aliphatic rings. The van der Waals surface area contributed by atoms with Crippen LogP contribution in [0.1, 0.15) is 13.3 Å². The van der Waals surface area contributed by atoms with Gasteiger partial charge in [0.05, 0.1) is 24.8 Å². The van der Waals surface area contributed by atoms with Crippen LogP contribution >= 0.6 is 0 Å². The predicted octanol–water partition coefficient (Wildman–Crippen LogP) is 1.95. The minimum atomic E-state index is -0.339. The number of rotatable bonds is 3. The monoisotopic (exact) mass is 239 g/mol. The maximum absolute atomic E-state index is 12.9. The number of halogens is 1. The van der Waals surface area contributed by atoms with E-state index in [0.29, 0.717) is 24.7 Å². The average molecular weight is 239 g/mol. The van der Waals surface area contributed by atoms with Gasteiger partial charge in [0.1, 0.15) is 18.2 Å². The number of esters is 1. The van der Waals surface area contributed by atoms with Crippen LogP contribution in [-0.4, -0.2) is 25.2 Å². The lowest BCUT2D eigenvalue weighted by atomic mass is 10.1. The Morgan fingerprint density at radius 3 is 3.24 bits per heavy atom. The number of anilines is 1. The fraction of sp³-hybridized carbons (Fsp3) is 0.417. The molecule has 0 aromatic heterocycles. The van der Waals surface area contributed by atoms with Crippen LogP contribution in [0, 0.1) is 5.82 Å². The second-order valence-corrected chi connectivity index (χ2v) is 3.80. The smallest absolute Gasteiger partial charge is 0.307 e. The molecule has 0 amide bonds. The van der Waals surface area contributed by atoms with Gasteiger partial charge in [0.2, 0.25) is 0 Å². The van der Waals surface area contributed by atoms with E-state index >= 15 is 0 Å². The molecule has 0 unspecified atom stereocenters. The van der Waals surface area contributed by atoms with Crippen molar-refractivity contribution in [2.24, 2.45) is 0 Å². The zero-order valence-electron chi connectivity index (χ0n) is 9.53. The molecule has 1 aromatic carbocycles. The number of carbonyl (C=O) groups is 1. The number of nitrogens with one attached hydrogen (secondary N) is 1. The fourth-order valence-electron chi connectivity index (χ4n) is 1.72. The van der Waals surface area contributed by atoms with Gasteiger partial charge >= 0.3 is 5.97 Å². The molecule has 0 bridgehead atoms. The van der Waals surface area contributed by atoms with Crippen molar-refractivity contribution in [2.45, 2.75) is 19.4 Å². The van der Waals surface area contributed by atoms with Gasteiger partial charge in [-0.1, -0.05) is 0 Å². The van der Waals surface area contributed by atoms with Gasteiger partial charge in [-0.05, 0) is 19.1 Å². The molecule has 0 radical (unpaired) electrons. The number of ether oxygens (including phenoxy) is 2. The van der Waals surface area contributed by atoms with Crippen molar-refractivity contribution < 1.29 is 18.7 Å². The SMILES string of the molecule is CCOC(=O)C[C@H]1COc2cc(F)ccc2N1. The summed E-state index contributed by atoms with van der Waals surface area (Å²) >= 11 is 0. The highest BCUT2D eigenvalue weighted by molar-refractivity contribution is 5.71. The predicted molar refractivity (Wildman–Crippen MR) is 60.6 cm³/mol. The van der Waals surface area contributed by atoms with Crippen LogP contribution in [0.15, 0.2) is 18.2 Å². The largest absolute Gasteiger partial charge is 0.489 e. The van der Waals surface area contributed by atoms with E-state index in [0.717, 1.165) is 0 Å². The van der Waals surface area contributed by atoms with Gasteiger partial charge in [0.15, 0.2) is 0 Å². The van der Waals surface area contributed by atoms with Crippen LogP contribution in [0.3, 0.4) is 0 Å². The van der Waals surface area contributed by atoms with Crippen molar-refractivity contribution in [3.05, 3.63) is 24.0 Å². The molecule has 0 saturated carbocycles. The lowest BCUT2D eigenvalue weighted by molar-refractivity contribution is -0.143. The van der Waals surface area contributed by atoms with E-state index in [-0.39, 0.29) is 24.2 Å². The van der Waals surface area contributed by atoms with Crippen LogP contribution in [0.2, 0.25) is 0 Å². The Morgan fingerprint density at radius 1 is 1.65 bits per heavy atom. The van der Waals surface area contributed by atoms with Crippen LogP contribution in [0.5, 0.6) is 5.75 Å². The number of hydrogen-bond donors (Lipinski definition) is 1. The Labute approximate surface area is 98.7 Å². The topological polar surface area (TPSA) is 47.6 Å². The summed E-state index contributed by atoms with van der Waals surface area (Å²) in [4.78, 5) is 11.3. The summed E-state index contributed by atoms with van der Waals surface area (Å²) in [5.41, 5.74) is 0.701. The molecule has 17 heavy (non-hydrogen) atoms. The third-order valence-electron chi connectivity index (χ3n) is 2.46. The Kier molecular flexibility index (Phi) is 3.46. The first-order chi connectivity index (χ1) is 8.19. The fourth-order valence-corrected chi connectivity index (χ4v) is 1.72. The van der Waals surface area contributed by atoms with E-state index in [9.17, 15) is 9.18 Å². The number of hydrogen-bond acceptors (Lipinski definition) is 4. The van der Waals surface area contributed by atoms with Gasteiger partial charge in [-0.2, -0.15) is 0 Å². The highest BCUT2D eigenvalue weighted by Crippen LogP contribution is 2.30. The summed E-state index contributed by atoms with van der Waals surface area (Å²) in [5, 5.41) is 3.12. The minimum Gasteiger partial charge on any atom is -0.489 e. The molecule has 1 heterocycles. The van der Waals surface area contributed by atoms with E-state index in [1.54, 1.807) is 13.0 Å². The Balaban J connectivity index is 1.99. The van der Waals surface area contributed by atoms with Crippen LogP contribution in [-0.2, 0) is 9.53 Å². The van der Waals surface area contributed by atoms with E-state index in [4.69, 9.17) is 9.47 Å². The summed E-state index contributed by atoms with van der Waals surface area (Å²) in [7, 11) is 0. The Hall–Kier alpha value is -1.78. The summed E-state index contributed by atoms with van der Waals surface area (Å²) in [6, 6.07) is 4.14. The van der Waals surface area contributed by atoms with E-state index < -0.39 is 0 Å². The summed E-state index contributed by atoms with van der Waals surface area (Å²) in [6.45, 7) is 2.46. The van der Waals surface area contributed by atoms with Gasteiger partial charge in [0.25, 0.3) is 0 Å². The summed E-state index contributed by atoms with van der Waals surface area (Å²) < 4.78 is 23.2. The molecule has 92 valence electrons. The lowest BCUT2D eigenvalue weighted by Gasteiger charge is -2.26. The first kappa shape index (κ1) is 11.7. The molecule has 0 spiro atoms. The van der Waals surface area contributed by atoms with Crippen molar-refractivity contribution >= 4 is 11.7 Å². The van der Waals surface area contributed by atoms with Crippen molar-refractivity contribution in [1.82, 2.24) is 0 Å². The Bertz CT molecular complexity index is 422. The van der Waals surface area contributed by atoms with Gasteiger partial charge < -0.3 is 14.8 Å². The van der Waals surface area contributed by atoms with E-state index in [1.165, 1.54) is 12.1 Å². The normalized spacial score (nSPS) is 17.6. The lowest BCUT2D eigenvalue weighted by Crippen LogP contribution is -2.34. The molecular formula is C12H14FNO3. The quantitative estimate of drug-likeness (QED) is 0.819. The average Bonchev–Trinajstić information content (AvgIpc) is 2.29. The van der Waals surface area contributed by atoms with Gasteiger partial charge in [-0.3, -0.25) is 4.79 Å². The standard InChI is InChI=1S/C12H14FNO3/c1-2-16-12(15)6-9-7-17-11-5-8(13)3-4-10(11)14-9/h3-5,9,14H,2,6-7H2,1H3/t9-/m0/s1. The first-order valence-electron chi connectivity index (χ1n) is 5.53. The van der Waals surface area contributed by atoms with Crippen molar-refractivity contribution in [2.75, 3.05) is 18.5 Å². The first-order valence-corrected chi connectivity index (χ1v) is 5.53. The molecule has 0 fully saturated rings. The third kappa shape index (κ3) is 2.87. The molecular weight excluding hydrogens is 225 g/mol. The maximum atomic E-state index is 12.9. The zero-order valence-corrected chi connectivity index (χ0v) is 9.53. The summed E-state index contributed by atoms with van der Waals surface area (Å²) in [6.07, 6.45) is 0.241. The van der Waals surface area contributed by atoms with Crippen molar-refractivity contribution in [3.8, 4) is 5.75 Å². The maximum Gasteiger partial charge on any atom is 0.307 e. The van der Waals surface area contributed by atoms with Gasteiger partial charge in [-0.25, -0.2) is 4.39 Å². The highest BCUT2D eigenvalue weighted by atomic mass is 19.1. The van der Waals surface area contributed by atoms with Crippen LogP contribution < -0.4 is 10.1 Å². The van der Waals surface area contributed by atoms with Crippen LogP contribution in [0.25, 0.3) is 0 Å². The zero-order chi connectivity index (χ0) is 12.3. The molecule has 2 rings (SSSR count). The van der Waals surface area contributed by atoms with E-state index in [1.807, 2.05) is 0 Å². The molecule has 1 aromatic rings. The molecule has 1 aliphatic heterocycles. The van der Waals surface area contributed by atoms with E-state index in [2.05, 4.69) is 5.32 Å². The minimum absolute atomic E-state index is 0.132. The Morgan fingerprint density at radius 2 is 2.47 bits per heavy atom. The second kappa shape index (κ2) is 5.03. The highest BCUT2D eigenvalue weighted by Gasteiger charge is 2.22.